The van der Waals surface area contributed by atoms with Gasteiger partial charge in [0, 0.05) is 18.2 Å². The molecule has 2 aromatic carbocycles. The molecule has 3 aromatic rings. The highest BCUT2D eigenvalue weighted by Crippen LogP contribution is 2.24. The minimum Gasteiger partial charge on any atom is -0.497 e. The summed E-state index contributed by atoms with van der Waals surface area (Å²) in [6.07, 6.45) is 0. The van der Waals surface area contributed by atoms with Crippen LogP contribution in [0, 0.1) is 0 Å². The lowest BCUT2D eigenvalue weighted by atomic mass is 10.1. The van der Waals surface area contributed by atoms with E-state index in [1.165, 1.54) is 0 Å². The van der Waals surface area contributed by atoms with Gasteiger partial charge in [0.05, 0.1) is 7.11 Å². The van der Waals surface area contributed by atoms with Crippen LogP contribution in [0.1, 0.15) is 16.1 Å². The van der Waals surface area contributed by atoms with Crippen LogP contribution >= 0.6 is 0 Å². The molecule has 0 unspecified atom stereocenters. The van der Waals surface area contributed by atoms with Gasteiger partial charge < -0.3 is 14.6 Å². The molecule has 1 amide bonds. The number of amides is 1. The Morgan fingerprint density at radius 2 is 1.96 bits per heavy atom. The summed E-state index contributed by atoms with van der Waals surface area (Å²) in [7, 11) is 1.60. The summed E-state index contributed by atoms with van der Waals surface area (Å²) in [4.78, 5) is 12.1. The van der Waals surface area contributed by atoms with Gasteiger partial charge in [-0.25, -0.2) is 0 Å². The average molecular weight is 308 g/mol. The minimum atomic E-state index is -0.272. The number of ether oxygens (including phenoxy) is 1. The number of nitrogens with one attached hydrogen (secondary N) is 1. The molecule has 0 bridgehead atoms. The SMILES string of the molecule is COc1cccc(-c2cc(C(=O)NCc3ccccc3)no2)c1. The lowest BCUT2D eigenvalue weighted by Crippen LogP contribution is -2.22. The molecule has 0 aliphatic rings. The van der Waals surface area contributed by atoms with Crippen LogP contribution < -0.4 is 10.1 Å². The quantitative estimate of drug-likeness (QED) is 0.785. The van der Waals surface area contributed by atoms with Crippen molar-refractivity contribution in [2.45, 2.75) is 6.54 Å². The van der Waals surface area contributed by atoms with E-state index in [1.807, 2.05) is 54.6 Å². The van der Waals surface area contributed by atoms with Crippen molar-refractivity contribution in [3.05, 3.63) is 71.9 Å². The van der Waals surface area contributed by atoms with Crippen LogP contribution in [0.2, 0.25) is 0 Å². The molecule has 5 heteroatoms. The normalized spacial score (nSPS) is 10.3. The number of carbonyl (C=O) groups excluding carboxylic acids is 1. The van der Waals surface area contributed by atoms with Gasteiger partial charge in [-0.3, -0.25) is 4.79 Å². The molecule has 0 aliphatic carbocycles. The Balaban J connectivity index is 1.69. The molecule has 0 atom stereocenters. The summed E-state index contributed by atoms with van der Waals surface area (Å²) in [5.41, 5.74) is 2.08. The van der Waals surface area contributed by atoms with Gasteiger partial charge in [-0.1, -0.05) is 47.6 Å². The second-order valence-electron chi connectivity index (χ2n) is 4.98. The summed E-state index contributed by atoms with van der Waals surface area (Å²) in [6.45, 7) is 0.445. The standard InChI is InChI=1S/C18H16N2O3/c1-22-15-9-5-8-14(10-15)17-11-16(20-23-17)18(21)19-12-13-6-3-2-4-7-13/h2-11H,12H2,1H3,(H,19,21). The first-order valence-electron chi connectivity index (χ1n) is 7.19. The zero-order valence-corrected chi connectivity index (χ0v) is 12.7. The van der Waals surface area contributed by atoms with Crippen LogP contribution in [-0.2, 0) is 6.54 Å². The maximum Gasteiger partial charge on any atom is 0.273 e. The van der Waals surface area contributed by atoms with Gasteiger partial charge in [0.15, 0.2) is 11.5 Å². The van der Waals surface area contributed by atoms with E-state index in [9.17, 15) is 4.79 Å². The van der Waals surface area contributed by atoms with E-state index in [0.717, 1.165) is 11.1 Å². The Hall–Kier alpha value is -3.08. The highest BCUT2D eigenvalue weighted by atomic mass is 16.5. The molecule has 0 aliphatic heterocycles. The number of carbonyl (C=O) groups is 1. The van der Waals surface area contributed by atoms with Crippen molar-refractivity contribution in [2.75, 3.05) is 7.11 Å². The molecule has 5 nitrogen and oxygen atoms in total. The molecule has 3 rings (SSSR count). The highest BCUT2D eigenvalue weighted by molar-refractivity contribution is 5.93. The number of hydrogen-bond acceptors (Lipinski definition) is 4. The minimum absolute atomic E-state index is 0.249. The molecule has 0 radical (unpaired) electrons. The Bertz CT molecular complexity index is 797. The Morgan fingerprint density at radius 3 is 2.74 bits per heavy atom. The lowest BCUT2D eigenvalue weighted by molar-refractivity contribution is 0.0942. The fraction of sp³-hybridized carbons (Fsp3) is 0.111. The first kappa shape index (κ1) is 14.8. The topological polar surface area (TPSA) is 64.4 Å². The van der Waals surface area contributed by atoms with Gasteiger partial charge in [-0.05, 0) is 17.7 Å². The van der Waals surface area contributed by atoms with Crippen molar-refractivity contribution in [3.8, 4) is 17.1 Å². The third kappa shape index (κ3) is 3.58. The summed E-state index contributed by atoms with van der Waals surface area (Å²) in [5.74, 6) is 0.967. The second-order valence-corrected chi connectivity index (χ2v) is 4.98. The van der Waals surface area contributed by atoms with Crippen LogP contribution in [0.15, 0.2) is 65.2 Å². The molecule has 1 heterocycles. The number of hydrogen-bond donors (Lipinski definition) is 1. The maximum atomic E-state index is 12.1. The molecule has 0 saturated heterocycles. The number of aromatic nitrogens is 1. The Labute approximate surface area is 133 Å². The van der Waals surface area contributed by atoms with Gasteiger partial charge >= 0.3 is 0 Å². The molecule has 0 saturated carbocycles. The predicted octanol–water partition coefficient (Wildman–Crippen LogP) is 3.28. The van der Waals surface area contributed by atoms with Crippen molar-refractivity contribution in [2.24, 2.45) is 0 Å². The van der Waals surface area contributed by atoms with E-state index < -0.39 is 0 Å². The third-order valence-electron chi connectivity index (χ3n) is 3.39. The van der Waals surface area contributed by atoms with E-state index >= 15 is 0 Å². The van der Waals surface area contributed by atoms with Crippen LogP contribution in [0.25, 0.3) is 11.3 Å². The molecule has 1 N–H and O–H groups in total. The van der Waals surface area contributed by atoms with Crippen molar-refractivity contribution >= 4 is 5.91 Å². The van der Waals surface area contributed by atoms with E-state index in [-0.39, 0.29) is 11.6 Å². The smallest absolute Gasteiger partial charge is 0.273 e. The molecule has 0 fully saturated rings. The summed E-state index contributed by atoms with van der Waals surface area (Å²) in [5, 5.41) is 6.65. The molecule has 116 valence electrons. The van der Waals surface area contributed by atoms with Crippen LogP contribution in [0.3, 0.4) is 0 Å². The second kappa shape index (κ2) is 6.79. The summed E-state index contributed by atoms with van der Waals surface area (Å²) in [6, 6.07) is 18.7. The van der Waals surface area contributed by atoms with Crippen molar-refractivity contribution in [1.29, 1.82) is 0 Å². The Kier molecular flexibility index (Phi) is 4.38. The zero-order chi connectivity index (χ0) is 16.1. The largest absolute Gasteiger partial charge is 0.497 e. The van der Waals surface area contributed by atoms with Crippen molar-refractivity contribution in [1.82, 2.24) is 10.5 Å². The number of rotatable bonds is 5. The fourth-order valence-corrected chi connectivity index (χ4v) is 2.16. The number of benzene rings is 2. The van der Waals surface area contributed by atoms with E-state index in [2.05, 4.69) is 10.5 Å². The van der Waals surface area contributed by atoms with Gasteiger partial charge in [-0.2, -0.15) is 0 Å². The van der Waals surface area contributed by atoms with E-state index in [1.54, 1.807) is 13.2 Å². The maximum absolute atomic E-state index is 12.1. The first-order chi connectivity index (χ1) is 11.3. The monoisotopic (exact) mass is 308 g/mol. The molecular weight excluding hydrogens is 292 g/mol. The average Bonchev–Trinajstić information content (AvgIpc) is 3.11. The van der Waals surface area contributed by atoms with Gasteiger partial charge in [-0.15, -0.1) is 0 Å². The zero-order valence-electron chi connectivity index (χ0n) is 12.7. The fourth-order valence-electron chi connectivity index (χ4n) is 2.16. The molecule has 23 heavy (non-hydrogen) atoms. The van der Waals surface area contributed by atoms with Gasteiger partial charge in [0.1, 0.15) is 5.75 Å². The number of methoxy groups -OCH3 is 1. The van der Waals surface area contributed by atoms with Crippen molar-refractivity contribution < 1.29 is 14.1 Å². The van der Waals surface area contributed by atoms with Gasteiger partial charge in [0.25, 0.3) is 5.91 Å². The van der Waals surface area contributed by atoms with E-state index in [4.69, 9.17) is 9.26 Å². The van der Waals surface area contributed by atoms with E-state index in [0.29, 0.717) is 18.1 Å². The first-order valence-corrected chi connectivity index (χ1v) is 7.19. The van der Waals surface area contributed by atoms with Crippen LogP contribution in [-0.4, -0.2) is 18.2 Å². The number of nitrogens with zero attached hydrogens (tertiary/aromatic N) is 1. The van der Waals surface area contributed by atoms with Crippen LogP contribution in [0.4, 0.5) is 0 Å². The van der Waals surface area contributed by atoms with Crippen molar-refractivity contribution in [3.63, 3.8) is 0 Å². The third-order valence-corrected chi connectivity index (χ3v) is 3.39. The molecule has 1 aromatic heterocycles. The summed E-state index contributed by atoms with van der Waals surface area (Å²) >= 11 is 0. The molecule has 0 spiro atoms. The predicted molar refractivity (Wildman–Crippen MR) is 86.1 cm³/mol. The Morgan fingerprint density at radius 1 is 1.13 bits per heavy atom. The lowest BCUT2D eigenvalue weighted by Gasteiger charge is -2.02. The van der Waals surface area contributed by atoms with Gasteiger partial charge in [0.2, 0.25) is 0 Å². The summed E-state index contributed by atoms with van der Waals surface area (Å²) < 4.78 is 10.4. The highest BCUT2D eigenvalue weighted by Gasteiger charge is 2.13. The van der Waals surface area contributed by atoms with Crippen LogP contribution in [0.5, 0.6) is 5.75 Å². The molecular formula is C18H16N2O3.